The van der Waals surface area contributed by atoms with E-state index in [1.807, 2.05) is 68.6 Å². The van der Waals surface area contributed by atoms with Crippen molar-refractivity contribution in [3.63, 3.8) is 0 Å². The molecule has 9 nitrogen and oxygen atoms in total. The molecule has 0 spiro atoms. The summed E-state index contributed by atoms with van der Waals surface area (Å²) in [6, 6.07) is 19.7. The maximum Gasteiger partial charge on any atom is 0.310 e. The Kier molecular flexibility index (Phi) is 10.9. The lowest BCUT2D eigenvalue weighted by molar-refractivity contribution is -0.261. The van der Waals surface area contributed by atoms with Crippen LogP contribution in [-0.4, -0.2) is 50.1 Å². The van der Waals surface area contributed by atoms with Crippen LogP contribution < -0.4 is 0 Å². The van der Waals surface area contributed by atoms with Crippen LogP contribution in [0.1, 0.15) is 157 Å². The molecule has 0 radical (unpaired) electrons. The van der Waals surface area contributed by atoms with E-state index >= 15 is 4.79 Å². The fourth-order valence-electron chi connectivity index (χ4n) is 17.9. The Morgan fingerprint density at radius 3 is 2.18 bits per heavy atom. The summed E-state index contributed by atoms with van der Waals surface area (Å²) in [7, 11) is 0. The van der Waals surface area contributed by atoms with Gasteiger partial charge in [-0.2, -0.15) is 0 Å². The first kappa shape index (κ1) is 46.2. The monoisotopic (exact) mass is 910 g/mol. The van der Waals surface area contributed by atoms with Gasteiger partial charge >= 0.3 is 11.9 Å². The highest BCUT2D eigenvalue weighted by Gasteiger charge is 2.76. The molecule has 1 saturated heterocycles. The number of hydrogen-bond donors (Lipinski definition) is 2. The summed E-state index contributed by atoms with van der Waals surface area (Å²) in [6.07, 6.45) is 11.6. The molecule has 1 amide bonds. The molecule has 6 aliphatic carbocycles. The largest absolute Gasteiger partial charge is 0.481 e. The van der Waals surface area contributed by atoms with E-state index in [9.17, 15) is 19.5 Å². The number of esters is 1. The van der Waals surface area contributed by atoms with Crippen molar-refractivity contribution >= 4 is 23.6 Å². The fourth-order valence-corrected chi connectivity index (χ4v) is 17.9. The zero-order valence-corrected chi connectivity index (χ0v) is 41.7. The number of carbonyl (C=O) groups excluding carboxylic acids is 3. The number of nitrogens with zero attached hydrogens (tertiary/aromatic N) is 2. The number of Topliss-reactive ketones (excluding diaryl/α,β-unsaturated/α-hetero) is 1. The highest BCUT2D eigenvalue weighted by molar-refractivity contribution is 6.07. The third-order valence-electron chi connectivity index (χ3n) is 21.4. The second kappa shape index (κ2) is 15.7. The van der Waals surface area contributed by atoms with Gasteiger partial charge in [-0.25, -0.2) is 4.98 Å². The van der Waals surface area contributed by atoms with Crippen molar-refractivity contribution in [3.05, 3.63) is 89.4 Å². The SMILES string of the molecule is CC(C)C1=C2[C@H]3CC[C@@H]4C5(C)CC[C@H]([C@@]6(C(=O)O)C[C@@H](C(=O)OCc7ccccc7)C6(C)C)C(C)(C)[C@H]5CC[C@@]4(C)[C@]3(C)CC[C@@]2(C(=O)N2CCCC2c2ncc(-c3ccccc3)[nH]2)CC1=O. The Morgan fingerprint density at radius 1 is 0.821 bits per heavy atom. The van der Waals surface area contributed by atoms with Gasteiger partial charge in [0.1, 0.15) is 12.4 Å². The minimum absolute atomic E-state index is 0.0158. The van der Waals surface area contributed by atoms with Crippen molar-refractivity contribution in [2.75, 3.05) is 6.54 Å². The predicted molar refractivity (Wildman–Crippen MR) is 259 cm³/mol. The number of nitrogens with one attached hydrogen (secondary N) is 1. The molecule has 11 atom stereocenters. The van der Waals surface area contributed by atoms with E-state index in [0.29, 0.717) is 31.2 Å². The number of H-pyrrole nitrogens is 1. The summed E-state index contributed by atoms with van der Waals surface area (Å²) in [6.45, 7) is 21.6. The molecule has 3 aromatic rings. The minimum atomic E-state index is -1.04. The van der Waals surface area contributed by atoms with Gasteiger partial charge in [-0.15, -0.1) is 0 Å². The van der Waals surface area contributed by atoms with Crippen LogP contribution in [0.5, 0.6) is 0 Å². The number of aromatic amines is 1. The summed E-state index contributed by atoms with van der Waals surface area (Å²) >= 11 is 0. The molecule has 2 unspecified atom stereocenters. The van der Waals surface area contributed by atoms with Crippen LogP contribution in [0.3, 0.4) is 0 Å². The Morgan fingerprint density at radius 2 is 1.51 bits per heavy atom. The summed E-state index contributed by atoms with van der Waals surface area (Å²) in [5.41, 5.74) is 1.96. The molecule has 358 valence electrons. The number of amides is 1. The molecule has 5 saturated carbocycles. The lowest BCUT2D eigenvalue weighted by Gasteiger charge is -2.74. The van der Waals surface area contributed by atoms with Crippen molar-refractivity contribution in [2.45, 2.75) is 152 Å². The Hall–Kier alpha value is -4.53. The summed E-state index contributed by atoms with van der Waals surface area (Å²) in [4.78, 5) is 68.3. The molecule has 7 aliphatic rings. The van der Waals surface area contributed by atoms with Gasteiger partial charge in [0.2, 0.25) is 5.91 Å². The molecular weight excluding hydrogens is 835 g/mol. The number of allylic oxidation sites excluding steroid dienone is 1. The standard InChI is InChI=1S/C58H75N3O6/c1-35(2)46-42(62)32-57(50(64)61-30-16-21-41(61)48-59-33-40(60-48)37-19-14-11-15-20-37)29-28-55(8)38(47(46)57)22-23-45-54(7)26-24-44(52(3,4)43(54)25-27-56(45,55)9)58(51(65)66)31-39(53(58,5)6)49(63)67-34-36-17-12-10-13-18-36/h10-15,17-20,33,35,38-39,41,43-45H,16,21-32,34H2,1-9H3,(H,59,60)(H,65,66)/t38-,39+,41?,43-,44+,45-,54?,55-,56-,57-,58-/m1/s1. The number of fused-ring (bicyclic) bond motifs is 7. The maximum atomic E-state index is 15.6. The number of carboxylic acids is 1. The van der Waals surface area contributed by atoms with Gasteiger partial charge in [-0.05, 0) is 150 Å². The highest BCUT2D eigenvalue weighted by Crippen LogP contribution is 2.79. The van der Waals surface area contributed by atoms with E-state index in [1.54, 1.807) is 0 Å². The van der Waals surface area contributed by atoms with Crippen LogP contribution in [-0.2, 0) is 30.5 Å². The number of aromatic nitrogens is 2. The number of carbonyl (C=O) groups is 4. The van der Waals surface area contributed by atoms with Crippen molar-refractivity contribution in [3.8, 4) is 11.3 Å². The van der Waals surface area contributed by atoms with E-state index in [2.05, 4.69) is 70.5 Å². The van der Waals surface area contributed by atoms with Gasteiger partial charge in [-0.3, -0.25) is 19.2 Å². The molecule has 67 heavy (non-hydrogen) atoms. The van der Waals surface area contributed by atoms with Crippen molar-refractivity contribution in [1.29, 1.82) is 0 Å². The second-order valence-corrected chi connectivity index (χ2v) is 24.7. The van der Waals surface area contributed by atoms with E-state index in [-0.39, 0.29) is 76.1 Å². The number of benzene rings is 2. The van der Waals surface area contributed by atoms with Crippen LogP contribution >= 0.6 is 0 Å². The quantitative estimate of drug-likeness (QED) is 0.205. The van der Waals surface area contributed by atoms with Crippen molar-refractivity contribution < 1.29 is 29.0 Å². The molecule has 2 N–H and O–H groups in total. The van der Waals surface area contributed by atoms with E-state index in [0.717, 1.165) is 86.0 Å². The van der Waals surface area contributed by atoms with Gasteiger partial charge in [0.25, 0.3) is 0 Å². The molecule has 2 aromatic carbocycles. The summed E-state index contributed by atoms with van der Waals surface area (Å²) in [5.74, 6) is 0.387. The first-order valence-corrected chi connectivity index (χ1v) is 25.8. The van der Waals surface area contributed by atoms with E-state index in [1.165, 1.54) is 5.57 Å². The Bertz CT molecular complexity index is 2510. The molecule has 2 heterocycles. The fraction of sp³-hybridized carbons (Fsp3) is 0.638. The highest BCUT2D eigenvalue weighted by atomic mass is 16.5. The molecule has 10 rings (SSSR count). The third kappa shape index (κ3) is 6.32. The molecule has 9 heteroatoms. The first-order chi connectivity index (χ1) is 31.7. The number of likely N-dealkylation sites (tertiary alicyclic amines) is 1. The molecule has 1 aliphatic heterocycles. The number of imidazole rings is 1. The average molecular weight is 910 g/mol. The number of ketones is 1. The average Bonchev–Trinajstić information content (AvgIpc) is 4.05. The lowest BCUT2D eigenvalue weighted by atomic mass is 9.29. The zero-order valence-electron chi connectivity index (χ0n) is 41.7. The van der Waals surface area contributed by atoms with Crippen LogP contribution in [0.2, 0.25) is 0 Å². The van der Waals surface area contributed by atoms with Gasteiger partial charge in [0, 0.05) is 13.0 Å². The van der Waals surface area contributed by atoms with E-state index in [4.69, 9.17) is 9.72 Å². The van der Waals surface area contributed by atoms with Gasteiger partial charge in [0.05, 0.1) is 34.7 Å². The first-order valence-electron chi connectivity index (χ1n) is 25.8. The smallest absolute Gasteiger partial charge is 0.310 e. The van der Waals surface area contributed by atoms with Gasteiger partial charge in [-0.1, -0.05) is 123 Å². The second-order valence-electron chi connectivity index (χ2n) is 24.7. The van der Waals surface area contributed by atoms with Gasteiger partial charge < -0.3 is 19.7 Å². The molecule has 0 bridgehead atoms. The number of aliphatic carboxylic acids is 1. The maximum absolute atomic E-state index is 15.6. The summed E-state index contributed by atoms with van der Waals surface area (Å²) < 4.78 is 5.86. The Labute approximate surface area is 398 Å². The van der Waals surface area contributed by atoms with Crippen molar-refractivity contribution in [2.24, 2.45) is 73.4 Å². The van der Waals surface area contributed by atoms with Gasteiger partial charge in [0.15, 0.2) is 5.78 Å². The van der Waals surface area contributed by atoms with E-state index < -0.39 is 28.1 Å². The molecule has 1 aromatic heterocycles. The number of carboxylic acid groups (broad SMARTS) is 1. The minimum Gasteiger partial charge on any atom is -0.481 e. The van der Waals surface area contributed by atoms with Crippen LogP contribution in [0.4, 0.5) is 0 Å². The molecule has 6 fully saturated rings. The lowest BCUT2D eigenvalue weighted by Crippen LogP contribution is -2.71. The van der Waals surface area contributed by atoms with Crippen LogP contribution in [0.25, 0.3) is 11.3 Å². The number of ether oxygens (including phenoxy) is 1. The zero-order chi connectivity index (χ0) is 47.7. The number of rotatable bonds is 9. The predicted octanol–water partition coefficient (Wildman–Crippen LogP) is 12.2. The molecular formula is C58H75N3O6. The Balaban J connectivity index is 0.927. The number of hydrogen-bond acceptors (Lipinski definition) is 6. The topological polar surface area (TPSA) is 130 Å². The van der Waals surface area contributed by atoms with Crippen molar-refractivity contribution in [1.82, 2.24) is 14.9 Å². The van der Waals surface area contributed by atoms with Crippen LogP contribution in [0, 0.1) is 73.4 Å². The third-order valence-corrected chi connectivity index (χ3v) is 21.4. The normalized spacial score (nSPS) is 38.4. The van der Waals surface area contributed by atoms with Crippen LogP contribution in [0.15, 0.2) is 78.0 Å². The summed E-state index contributed by atoms with van der Waals surface area (Å²) in [5, 5.41) is 11.4.